The van der Waals surface area contributed by atoms with Gasteiger partial charge in [-0.2, -0.15) is 18.2 Å². The number of aromatic nitrogens is 3. The molecular formula is C29H29F3N4O3. The van der Waals surface area contributed by atoms with Crippen LogP contribution in [0.1, 0.15) is 43.9 Å². The van der Waals surface area contributed by atoms with E-state index in [4.69, 9.17) is 9.26 Å². The molecule has 0 saturated carbocycles. The number of hydrogen-bond acceptors (Lipinski definition) is 7. The van der Waals surface area contributed by atoms with Crippen LogP contribution in [-0.4, -0.2) is 33.2 Å². The Morgan fingerprint density at radius 1 is 0.974 bits per heavy atom. The summed E-state index contributed by atoms with van der Waals surface area (Å²) in [5.41, 5.74) is 1.45. The summed E-state index contributed by atoms with van der Waals surface area (Å²) in [6.45, 7) is 9.36. The third kappa shape index (κ3) is 6.81. The highest BCUT2D eigenvalue weighted by molar-refractivity contribution is 5.75. The third-order valence-corrected chi connectivity index (χ3v) is 5.81. The van der Waals surface area contributed by atoms with E-state index in [9.17, 15) is 18.0 Å². The minimum absolute atomic E-state index is 0.0379. The molecule has 0 aliphatic rings. The van der Waals surface area contributed by atoms with E-state index in [1.165, 1.54) is 18.3 Å². The van der Waals surface area contributed by atoms with Crippen molar-refractivity contribution in [1.82, 2.24) is 15.1 Å². The van der Waals surface area contributed by atoms with Crippen LogP contribution in [-0.2, 0) is 15.7 Å². The first kappa shape index (κ1) is 27.8. The molecule has 0 amide bonds. The summed E-state index contributed by atoms with van der Waals surface area (Å²) in [6, 6.07) is 12.7. The fourth-order valence-electron chi connectivity index (χ4n) is 4.04. The maximum absolute atomic E-state index is 14.0. The number of anilines is 1. The quantitative estimate of drug-likeness (QED) is 0.248. The molecule has 2 heterocycles. The molecule has 1 N–H and O–H groups in total. The van der Waals surface area contributed by atoms with Gasteiger partial charge < -0.3 is 14.6 Å². The smallest absolute Gasteiger partial charge is 0.417 e. The summed E-state index contributed by atoms with van der Waals surface area (Å²) in [5, 5.41) is 7.05. The van der Waals surface area contributed by atoms with Crippen LogP contribution in [0.4, 0.5) is 19.0 Å². The highest BCUT2D eigenvalue weighted by Crippen LogP contribution is 2.40. The molecule has 204 valence electrons. The fourth-order valence-corrected chi connectivity index (χ4v) is 4.04. The summed E-state index contributed by atoms with van der Waals surface area (Å²) in [4.78, 5) is 20.6. The van der Waals surface area contributed by atoms with Crippen molar-refractivity contribution in [2.24, 2.45) is 0 Å². The topological polar surface area (TPSA) is 90.1 Å². The standard InChI is InChI=1S/C29H29F3N4O3/c1-17-8-6-7-9-21(17)22-11-10-19(15-23(22)29(30,31)32)27-35-26(36-39-27)20-14-18(2)25(34-16-20)33-13-12-24(37)38-28(3,4)5/h6-11,14-16H,12-13H2,1-5H3,(H,33,34). The minimum Gasteiger partial charge on any atom is -0.460 e. The maximum Gasteiger partial charge on any atom is 0.417 e. The number of nitrogens with one attached hydrogen (secondary N) is 1. The minimum atomic E-state index is -4.58. The molecule has 39 heavy (non-hydrogen) atoms. The SMILES string of the molecule is Cc1ccccc1-c1ccc(-c2nc(-c3cnc(NCCC(=O)OC(C)(C)C)c(C)c3)no2)cc1C(F)(F)F. The van der Waals surface area contributed by atoms with Crippen molar-refractivity contribution in [3.8, 4) is 34.0 Å². The molecule has 0 aliphatic carbocycles. The van der Waals surface area contributed by atoms with Crippen LogP contribution in [0.15, 0.2) is 59.3 Å². The maximum atomic E-state index is 14.0. The molecule has 2 aromatic heterocycles. The lowest BCUT2D eigenvalue weighted by Gasteiger charge is -2.19. The van der Waals surface area contributed by atoms with Crippen LogP contribution in [0.2, 0.25) is 0 Å². The van der Waals surface area contributed by atoms with Crippen molar-refractivity contribution in [2.45, 2.75) is 52.8 Å². The van der Waals surface area contributed by atoms with Crippen LogP contribution in [0, 0.1) is 13.8 Å². The Hall–Kier alpha value is -4.21. The number of carbonyl (C=O) groups is 1. The van der Waals surface area contributed by atoms with Gasteiger partial charge in [0.2, 0.25) is 5.82 Å². The Morgan fingerprint density at radius 3 is 2.38 bits per heavy atom. The largest absolute Gasteiger partial charge is 0.460 e. The number of aryl methyl sites for hydroxylation is 2. The van der Waals surface area contributed by atoms with Gasteiger partial charge in [-0.25, -0.2) is 4.98 Å². The van der Waals surface area contributed by atoms with Crippen molar-refractivity contribution in [1.29, 1.82) is 0 Å². The molecule has 0 spiro atoms. The number of halogens is 3. The number of rotatable bonds is 7. The highest BCUT2D eigenvalue weighted by atomic mass is 19.4. The zero-order valence-electron chi connectivity index (χ0n) is 22.3. The van der Waals surface area contributed by atoms with Crippen molar-refractivity contribution < 1.29 is 27.2 Å². The van der Waals surface area contributed by atoms with Gasteiger partial charge in [0.1, 0.15) is 11.4 Å². The summed E-state index contributed by atoms with van der Waals surface area (Å²) in [5.74, 6) is 0.415. The Balaban J connectivity index is 1.53. The van der Waals surface area contributed by atoms with E-state index in [-0.39, 0.29) is 35.2 Å². The van der Waals surface area contributed by atoms with Crippen LogP contribution in [0.5, 0.6) is 0 Å². The Labute approximate surface area is 224 Å². The lowest BCUT2D eigenvalue weighted by Crippen LogP contribution is -2.25. The van der Waals surface area contributed by atoms with Crippen molar-refractivity contribution in [3.05, 3.63) is 71.4 Å². The summed E-state index contributed by atoms with van der Waals surface area (Å²) in [6.07, 6.45) is -2.87. The molecular weight excluding hydrogens is 509 g/mol. The van der Waals surface area contributed by atoms with Gasteiger partial charge in [0, 0.05) is 23.9 Å². The van der Waals surface area contributed by atoms with Gasteiger partial charge in [-0.15, -0.1) is 0 Å². The molecule has 0 fully saturated rings. The lowest BCUT2D eigenvalue weighted by molar-refractivity contribution is -0.154. The fraction of sp³-hybridized carbons (Fsp3) is 0.310. The van der Waals surface area contributed by atoms with Gasteiger partial charge in [-0.05, 0) is 75.1 Å². The average Bonchev–Trinajstić information content (AvgIpc) is 3.34. The number of pyridine rings is 1. The lowest BCUT2D eigenvalue weighted by atomic mass is 9.94. The predicted octanol–water partition coefficient (Wildman–Crippen LogP) is 7.24. The second-order valence-electron chi connectivity index (χ2n) is 10.1. The molecule has 0 atom stereocenters. The number of esters is 1. The number of hydrogen-bond donors (Lipinski definition) is 1. The van der Waals surface area contributed by atoms with E-state index < -0.39 is 17.3 Å². The van der Waals surface area contributed by atoms with Crippen LogP contribution in [0.3, 0.4) is 0 Å². The molecule has 4 aromatic rings. The van der Waals surface area contributed by atoms with Crippen LogP contribution in [0.25, 0.3) is 34.0 Å². The number of alkyl halides is 3. The highest BCUT2D eigenvalue weighted by Gasteiger charge is 2.34. The van der Waals surface area contributed by atoms with Gasteiger partial charge in [0.05, 0.1) is 12.0 Å². The summed E-state index contributed by atoms with van der Waals surface area (Å²) < 4.78 is 52.7. The molecule has 0 bridgehead atoms. The van der Waals surface area contributed by atoms with Gasteiger partial charge in [0.25, 0.3) is 5.89 Å². The number of carbonyl (C=O) groups excluding carboxylic acids is 1. The zero-order chi connectivity index (χ0) is 28.4. The van der Waals surface area contributed by atoms with Gasteiger partial charge >= 0.3 is 12.1 Å². The van der Waals surface area contributed by atoms with E-state index >= 15 is 0 Å². The van der Waals surface area contributed by atoms with E-state index in [1.54, 1.807) is 37.3 Å². The average molecular weight is 539 g/mol. The first-order valence-corrected chi connectivity index (χ1v) is 12.4. The monoisotopic (exact) mass is 538 g/mol. The summed E-state index contributed by atoms with van der Waals surface area (Å²) in [7, 11) is 0. The van der Waals surface area contributed by atoms with E-state index in [0.717, 1.165) is 17.2 Å². The van der Waals surface area contributed by atoms with Gasteiger partial charge in [0.15, 0.2) is 0 Å². The van der Waals surface area contributed by atoms with Gasteiger partial charge in [-0.3, -0.25) is 4.79 Å². The number of ether oxygens (including phenoxy) is 1. The molecule has 0 aliphatic heterocycles. The van der Waals surface area contributed by atoms with Crippen molar-refractivity contribution in [3.63, 3.8) is 0 Å². The van der Waals surface area contributed by atoms with Crippen LogP contribution >= 0.6 is 0 Å². The normalized spacial score (nSPS) is 11.9. The predicted molar refractivity (Wildman–Crippen MR) is 142 cm³/mol. The second-order valence-corrected chi connectivity index (χ2v) is 10.1. The van der Waals surface area contributed by atoms with E-state index in [0.29, 0.717) is 23.5 Å². The Morgan fingerprint density at radius 2 is 1.72 bits per heavy atom. The molecule has 0 radical (unpaired) electrons. The Kier molecular flexibility index (Phi) is 7.76. The second kappa shape index (κ2) is 10.9. The van der Waals surface area contributed by atoms with Crippen molar-refractivity contribution >= 4 is 11.8 Å². The first-order chi connectivity index (χ1) is 18.3. The summed E-state index contributed by atoms with van der Waals surface area (Å²) >= 11 is 0. The molecule has 0 saturated heterocycles. The van der Waals surface area contributed by atoms with Crippen molar-refractivity contribution in [2.75, 3.05) is 11.9 Å². The molecule has 4 rings (SSSR count). The molecule has 2 aromatic carbocycles. The first-order valence-electron chi connectivity index (χ1n) is 12.4. The third-order valence-electron chi connectivity index (χ3n) is 5.81. The van der Waals surface area contributed by atoms with E-state index in [1.807, 2.05) is 27.7 Å². The number of nitrogens with zero attached hydrogens (tertiary/aromatic N) is 3. The van der Waals surface area contributed by atoms with Crippen LogP contribution < -0.4 is 5.32 Å². The van der Waals surface area contributed by atoms with E-state index in [2.05, 4.69) is 20.4 Å². The molecule has 7 nitrogen and oxygen atoms in total. The molecule has 10 heteroatoms. The zero-order valence-corrected chi connectivity index (χ0v) is 22.3. The number of benzene rings is 2. The van der Waals surface area contributed by atoms with Gasteiger partial charge in [-0.1, -0.05) is 35.5 Å². The molecule has 0 unspecified atom stereocenters. The Bertz CT molecular complexity index is 1490.